The van der Waals surface area contributed by atoms with E-state index < -0.39 is 0 Å². The second-order valence-electron chi connectivity index (χ2n) is 8.38. The molecule has 2 aromatic heterocycles. The van der Waals surface area contributed by atoms with Gasteiger partial charge in [-0.05, 0) is 36.3 Å². The summed E-state index contributed by atoms with van der Waals surface area (Å²) in [5, 5.41) is 1.40. The van der Waals surface area contributed by atoms with Crippen LogP contribution in [0.2, 0.25) is 0 Å². The number of ketones is 1. The molecule has 4 aromatic rings. The van der Waals surface area contributed by atoms with Gasteiger partial charge in [-0.3, -0.25) is 14.2 Å². The Morgan fingerprint density at radius 3 is 2.59 bits per heavy atom. The zero-order chi connectivity index (χ0) is 22.1. The van der Waals surface area contributed by atoms with Crippen LogP contribution >= 0.6 is 23.1 Å². The van der Waals surface area contributed by atoms with E-state index in [1.165, 1.54) is 22.2 Å². The number of rotatable bonds is 6. The molecule has 2 aromatic carbocycles. The lowest BCUT2D eigenvalue weighted by molar-refractivity contribution is 0.102. The summed E-state index contributed by atoms with van der Waals surface area (Å²) >= 11 is 3.01. The first-order valence-corrected chi connectivity index (χ1v) is 12.7. The van der Waals surface area contributed by atoms with Gasteiger partial charge < -0.3 is 0 Å². The molecular formula is C26H24N2O2S2. The first-order chi connectivity index (χ1) is 15.6. The van der Waals surface area contributed by atoms with Crippen LogP contribution in [0.5, 0.6) is 0 Å². The molecular weight excluding hydrogens is 436 g/mol. The highest BCUT2D eigenvalue weighted by Gasteiger charge is 2.25. The van der Waals surface area contributed by atoms with Gasteiger partial charge in [0, 0.05) is 10.4 Å². The molecule has 0 amide bonds. The van der Waals surface area contributed by atoms with Gasteiger partial charge in [0.2, 0.25) is 0 Å². The lowest BCUT2D eigenvalue weighted by atomic mass is 9.89. The van der Waals surface area contributed by atoms with Gasteiger partial charge in [-0.2, -0.15) is 0 Å². The third kappa shape index (κ3) is 4.17. The summed E-state index contributed by atoms with van der Waals surface area (Å²) < 4.78 is 1.76. The van der Waals surface area contributed by atoms with E-state index in [1.54, 1.807) is 15.9 Å². The number of carbonyl (C=O) groups excluding carboxylic acids is 1. The third-order valence-electron chi connectivity index (χ3n) is 5.99. The summed E-state index contributed by atoms with van der Waals surface area (Å²) in [7, 11) is 0. The number of carbonyl (C=O) groups is 1. The molecule has 5 rings (SSSR count). The van der Waals surface area contributed by atoms with Crippen molar-refractivity contribution in [2.75, 3.05) is 5.75 Å². The van der Waals surface area contributed by atoms with Crippen LogP contribution in [0, 0.1) is 5.92 Å². The number of aromatic nitrogens is 2. The van der Waals surface area contributed by atoms with Crippen molar-refractivity contribution in [3.63, 3.8) is 0 Å². The second-order valence-corrected chi connectivity index (χ2v) is 10.4. The Morgan fingerprint density at radius 1 is 1.12 bits per heavy atom. The summed E-state index contributed by atoms with van der Waals surface area (Å²) in [6.07, 6.45) is 3.12. The fraction of sp³-hybridized carbons (Fsp3) is 0.269. The van der Waals surface area contributed by atoms with Crippen molar-refractivity contribution in [1.29, 1.82) is 0 Å². The van der Waals surface area contributed by atoms with Crippen LogP contribution in [0.3, 0.4) is 0 Å². The van der Waals surface area contributed by atoms with Crippen molar-refractivity contribution in [2.45, 2.75) is 37.9 Å². The molecule has 0 fully saturated rings. The predicted molar refractivity (Wildman–Crippen MR) is 132 cm³/mol. The van der Waals surface area contributed by atoms with Gasteiger partial charge in [0.25, 0.3) is 5.56 Å². The van der Waals surface area contributed by atoms with E-state index >= 15 is 0 Å². The van der Waals surface area contributed by atoms with Crippen LogP contribution in [0.1, 0.15) is 39.7 Å². The first-order valence-electron chi connectivity index (χ1n) is 10.9. The van der Waals surface area contributed by atoms with Crippen molar-refractivity contribution in [3.8, 4) is 0 Å². The lowest BCUT2D eigenvalue weighted by Crippen LogP contribution is -2.25. The molecule has 4 nitrogen and oxygen atoms in total. The standard InChI is InChI=1S/C26H24N2O2S2/c1-17-12-13-22-20(14-17)23-24(32-22)27-26(31-16-21(29)19-10-6-3-7-11-19)28(25(23)30)15-18-8-4-2-5-9-18/h2-11,17H,12-16H2,1H3/t17-/m1/s1. The summed E-state index contributed by atoms with van der Waals surface area (Å²) in [6.45, 7) is 2.70. The van der Waals surface area contributed by atoms with E-state index in [4.69, 9.17) is 4.98 Å². The summed E-state index contributed by atoms with van der Waals surface area (Å²) in [4.78, 5) is 33.5. The molecule has 0 saturated heterocycles. The second kappa shape index (κ2) is 9.04. The van der Waals surface area contributed by atoms with Crippen LogP contribution in [-0.2, 0) is 19.4 Å². The van der Waals surface area contributed by atoms with E-state index in [9.17, 15) is 9.59 Å². The van der Waals surface area contributed by atoms with Crippen molar-refractivity contribution in [1.82, 2.24) is 9.55 Å². The Labute approximate surface area is 195 Å². The highest BCUT2D eigenvalue weighted by atomic mass is 32.2. The van der Waals surface area contributed by atoms with Gasteiger partial charge in [-0.1, -0.05) is 79.3 Å². The maximum Gasteiger partial charge on any atom is 0.263 e. The highest BCUT2D eigenvalue weighted by Crippen LogP contribution is 2.36. The van der Waals surface area contributed by atoms with E-state index in [0.29, 0.717) is 23.2 Å². The molecule has 2 heterocycles. The molecule has 1 aliphatic carbocycles. The summed E-state index contributed by atoms with van der Waals surface area (Å²) in [5.74, 6) is 0.870. The van der Waals surface area contributed by atoms with E-state index in [2.05, 4.69) is 6.92 Å². The largest absolute Gasteiger partial charge is 0.293 e. The minimum Gasteiger partial charge on any atom is -0.293 e. The van der Waals surface area contributed by atoms with Gasteiger partial charge in [0.05, 0.1) is 17.7 Å². The predicted octanol–water partition coefficient (Wildman–Crippen LogP) is 5.61. The molecule has 6 heteroatoms. The van der Waals surface area contributed by atoms with E-state index in [1.807, 2.05) is 60.7 Å². The van der Waals surface area contributed by atoms with E-state index in [0.717, 1.165) is 35.0 Å². The molecule has 0 spiro atoms. The van der Waals surface area contributed by atoms with E-state index in [-0.39, 0.29) is 17.1 Å². The quantitative estimate of drug-likeness (QED) is 0.213. The number of aryl methyl sites for hydroxylation is 1. The molecule has 0 aliphatic heterocycles. The Bertz CT molecular complexity index is 1330. The Balaban J connectivity index is 1.56. The third-order valence-corrected chi connectivity index (χ3v) is 8.15. The molecule has 162 valence electrons. The molecule has 0 bridgehead atoms. The number of thioether (sulfide) groups is 1. The van der Waals surface area contributed by atoms with Crippen molar-refractivity contribution < 1.29 is 4.79 Å². The van der Waals surface area contributed by atoms with Gasteiger partial charge in [-0.15, -0.1) is 11.3 Å². The van der Waals surface area contributed by atoms with Crippen LogP contribution < -0.4 is 5.56 Å². The molecule has 0 N–H and O–H groups in total. The maximum absolute atomic E-state index is 13.7. The molecule has 32 heavy (non-hydrogen) atoms. The minimum absolute atomic E-state index is 0.0140. The number of hydrogen-bond donors (Lipinski definition) is 0. The number of nitrogens with zero attached hydrogens (tertiary/aromatic N) is 2. The average molecular weight is 461 g/mol. The monoisotopic (exact) mass is 460 g/mol. The van der Waals surface area contributed by atoms with Crippen LogP contribution in [-0.4, -0.2) is 21.1 Å². The Hall–Kier alpha value is -2.70. The van der Waals surface area contributed by atoms with Crippen LogP contribution in [0.15, 0.2) is 70.6 Å². The van der Waals surface area contributed by atoms with Gasteiger partial charge >= 0.3 is 0 Å². The fourth-order valence-electron chi connectivity index (χ4n) is 4.27. The average Bonchev–Trinajstić information content (AvgIpc) is 3.18. The molecule has 1 atom stereocenters. The van der Waals surface area contributed by atoms with Crippen LogP contribution in [0.4, 0.5) is 0 Å². The number of hydrogen-bond acceptors (Lipinski definition) is 5. The Kier molecular flexibility index (Phi) is 5.98. The van der Waals surface area contributed by atoms with Crippen molar-refractivity contribution in [2.24, 2.45) is 5.92 Å². The van der Waals surface area contributed by atoms with Crippen molar-refractivity contribution in [3.05, 3.63) is 92.6 Å². The topological polar surface area (TPSA) is 52.0 Å². The Morgan fingerprint density at radius 2 is 1.84 bits per heavy atom. The SMILES string of the molecule is C[C@@H]1CCc2sc3nc(SCC(=O)c4ccccc4)n(Cc4ccccc4)c(=O)c3c2C1. The molecule has 1 aliphatic rings. The van der Waals surface area contributed by atoms with Gasteiger partial charge in [0.1, 0.15) is 4.83 Å². The molecule has 0 unspecified atom stereocenters. The lowest BCUT2D eigenvalue weighted by Gasteiger charge is -2.18. The highest BCUT2D eigenvalue weighted by molar-refractivity contribution is 7.99. The number of thiophene rings is 1. The number of Topliss-reactive ketones (excluding diaryl/α,β-unsaturated/α-hetero) is 1. The van der Waals surface area contributed by atoms with Crippen molar-refractivity contribution >= 4 is 39.1 Å². The molecule has 0 radical (unpaired) electrons. The first kappa shape index (κ1) is 21.2. The smallest absolute Gasteiger partial charge is 0.263 e. The normalized spacial score (nSPS) is 15.6. The summed E-state index contributed by atoms with van der Waals surface area (Å²) in [5.41, 5.74) is 2.93. The summed E-state index contributed by atoms with van der Waals surface area (Å²) in [6, 6.07) is 19.2. The maximum atomic E-state index is 13.7. The van der Waals surface area contributed by atoms with Gasteiger partial charge in [-0.25, -0.2) is 4.98 Å². The number of fused-ring (bicyclic) bond motifs is 3. The number of benzene rings is 2. The van der Waals surface area contributed by atoms with Crippen LogP contribution in [0.25, 0.3) is 10.2 Å². The zero-order valence-electron chi connectivity index (χ0n) is 17.9. The van der Waals surface area contributed by atoms with Gasteiger partial charge in [0.15, 0.2) is 10.9 Å². The fourth-order valence-corrected chi connectivity index (χ4v) is 6.42. The zero-order valence-corrected chi connectivity index (χ0v) is 19.5. The molecule has 0 saturated carbocycles. The minimum atomic E-state index is 0.0140.